The first kappa shape index (κ1) is 29.4. The van der Waals surface area contributed by atoms with Crippen molar-refractivity contribution in [2.24, 2.45) is 0 Å². The lowest BCUT2D eigenvalue weighted by atomic mass is 10.0. The molecule has 0 aliphatic carbocycles. The van der Waals surface area contributed by atoms with Crippen molar-refractivity contribution in [1.29, 1.82) is 0 Å². The third kappa shape index (κ3) is 7.67. The summed E-state index contributed by atoms with van der Waals surface area (Å²) in [6.07, 6.45) is 7.31. The number of esters is 1. The van der Waals surface area contributed by atoms with Gasteiger partial charge in [0.1, 0.15) is 23.9 Å². The molecule has 0 saturated heterocycles. The molecule has 0 atom stereocenters. The number of hydrogen-bond donors (Lipinski definition) is 4. The van der Waals surface area contributed by atoms with Gasteiger partial charge in [-0.2, -0.15) is 0 Å². The van der Waals surface area contributed by atoms with Crippen LogP contribution in [0.4, 0.5) is 0 Å². The van der Waals surface area contributed by atoms with Crippen molar-refractivity contribution >= 4 is 23.9 Å². The molecule has 0 amide bonds. The summed E-state index contributed by atoms with van der Waals surface area (Å²) in [5.41, 5.74) is 2.07. The van der Waals surface area contributed by atoms with Crippen molar-refractivity contribution in [3.8, 4) is 34.5 Å². The van der Waals surface area contributed by atoms with Gasteiger partial charge in [-0.1, -0.05) is 24.3 Å². The SMILES string of the molecule is COc1cc(/C=C\C(=O)OC/C(C)=C\Cc2c(O)ccc(C(=O)/C=C/c3ccc(O)cc3)c2O)cc(OC)c1O. The number of carbonyl (C=O) groups is 2. The maximum absolute atomic E-state index is 12.7. The molecule has 0 fully saturated rings. The molecule has 0 heterocycles. The van der Waals surface area contributed by atoms with Crippen LogP contribution in [-0.2, 0) is 16.0 Å². The molecular formula is C31H30O9. The van der Waals surface area contributed by atoms with Gasteiger partial charge in [-0.15, -0.1) is 0 Å². The Kier molecular flexibility index (Phi) is 9.96. The van der Waals surface area contributed by atoms with Crippen LogP contribution >= 0.6 is 0 Å². The highest BCUT2D eigenvalue weighted by atomic mass is 16.5. The minimum atomic E-state index is -0.613. The molecule has 3 rings (SSSR count). The molecule has 9 heteroatoms. The van der Waals surface area contributed by atoms with Gasteiger partial charge in [0.2, 0.25) is 5.75 Å². The lowest BCUT2D eigenvalue weighted by molar-refractivity contribution is -0.136. The largest absolute Gasteiger partial charge is 0.508 e. The van der Waals surface area contributed by atoms with Crippen LogP contribution in [0.25, 0.3) is 12.2 Å². The molecule has 4 N–H and O–H groups in total. The summed E-state index contributed by atoms with van der Waals surface area (Å²) in [4.78, 5) is 24.8. The van der Waals surface area contributed by atoms with E-state index in [0.717, 1.165) is 0 Å². The van der Waals surface area contributed by atoms with Crippen LogP contribution in [0, 0.1) is 0 Å². The van der Waals surface area contributed by atoms with Crippen molar-refractivity contribution in [1.82, 2.24) is 0 Å². The first-order chi connectivity index (χ1) is 19.1. The van der Waals surface area contributed by atoms with E-state index in [2.05, 4.69) is 0 Å². The highest BCUT2D eigenvalue weighted by Gasteiger charge is 2.16. The Morgan fingerprint density at radius 2 is 1.43 bits per heavy atom. The monoisotopic (exact) mass is 546 g/mol. The molecular weight excluding hydrogens is 516 g/mol. The summed E-state index contributed by atoms with van der Waals surface area (Å²) in [6.45, 7) is 1.68. The van der Waals surface area contributed by atoms with E-state index in [1.165, 1.54) is 68.8 Å². The predicted molar refractivity (Wildman–Crippen MR) is 150 cm³/mol. The molecule has 0 aliphatic heterocycles. The maximum Gasteiger partial charge on any atom is 0.331 e. The van der Waals surface area contributed by atoms with E-state index in [-0.39, 0.29) is 58.7 Å². The van der Waals surface area contributed by atoms with Crippen LogP contribution in [0.2, 0.25) is 0 Å². The fourth-order valence-corrected chi connectivity index (χ4v) is 3.62. The van der Waals surface area contributed by atoms with Gasteiger partial charge in [0.25, 0.3) is 0 Å². The number of allylic oxidation sites excluding steroid dienone is 2. The first-order valence-electron chi connectivity index (χ1n) is 12.1. The molecule has 40 heavy (non-hydrogen) atoms. The molecule has 0 aliphatic rings. The smallest absolute Gasteiger partial charge is 0.331 e. The third-order valence-corrected chi connectivity index (χ3v) is 5.85. The van der Waals surface area contributed by atoms with Crippen LogP contribution in [0.15, 0.2) is 72.3 Å². The zero-order valence-corrected chi connectivity index (χ0v) is 22.2. The fourth-order valence-electron chi connectivity index (χ4n) is 3.62. The van der Waals surface area contributed by atoms with Gasteiger partial charge in [-0.05, 0) is 78.6 Å². The summed E-state index contributed by atoms with van der Waals surface area (Å²) >= 11 is 0. The lowest BCUT2D eigenvalue weighted by Gasteiger charge is -2.10. The highest BCUT2D eigenvalue weighted by Crippen LogP contribution is 2.37. The van der Waals surface area contributed by atoms with E-state index >= 15 is 0 Å². The first-order valence-corrected chi connectivity index (χ1v) is 12.1. The summed E-state index contributed by atoms with van der Waals surface area (Å²) in [5.74, 6) is -1.26. The van der Waals surface area contributed by atoms with Gasteiger partial charge in [0, 0.05) is 11.6 Å². The molecule has 0 bridgehead atoms. The third-order valence-electron chi connectivity index (χ3n) is 5.85. The second-order valence-corrected chi connectivity index (χ2v) is 8.72. The van der Waals surface area contributed by atoms with Crippen LogP contribution in [-0.4, -0.2) is 53.0 Å². The summed E-state index contributed by atoms with van der Waals surface area (Å²) in [6, 6.07) is 12.0. The summed E-state index contributed by atoms with van der Waals surface area (Å²) in [5, 5.41) is 40.3. The lowest BCUT2D eigenvalue weighted by Crippen LogP contribution is -2.04. The number of rotatable bonds is 11. The standard InChI is InChI=1S/C31H30O9/c1-19(18-40-29(35)15-8-21-16-27(38-2)31(37)28(17-21)39-3)4-11-23-26(34)14-12-24(30(23)36)25(33)13-7-20-5-9-22(32)10-6-20/h4-10,12-17,32,34,36-37H,11,18H2,1-3H3/b13-7+,15-8-,19-4-. The van der Waals surface area contributed by atoms with Gasteiger partial charge in [-0.3, -0.25) is 4.79 Å². The van der Waals surface area contributed by atoms with Gasteiger partial charge in [0.05, 0.1) is 19.8 Å². The number of ketones is 1. The molecule has 3 aromatic rings. The van der Waals surface area contributed by atoms with Gasteiger partial charge < -0.3 is 34.6 Å². The van der Waals surface area contributed by atoms with E-state index in [0.29, 0.717) is 16.7 Å². The number of methoxy groups -OCH3 is 2. The van der Waals surface area contributed by atoms with E-state index in [9.17, 15) is 30.0 Å². The molecule has 208 valence electrons. The average Bonchev–Trinajstić information content (AvgIpc) is 2.94. The second kappa shape index (κ2) is 13.6. The highest BCUT2D eigenvalue weighted by molar-refractivity contribution is 6.09. The molecule has 9 nitrogen and oxygen atoms in total. The Hall–Kier alpha value is -5.18. The van der Waals surface area contributed by atoms with Crippen molar-refractivity contribution in [2.75, 3.05) is 20.8 Å². The Labute approximate surface area is 231 Å². The number of phenolic OH excluding ortho intramolecular Hbond substituents is 4. The Morgan fingerprint density at radius 3 is 2.05 bits per heavy atom. The second-order valence-electron chi connectivity index (χ2n) is 8.72. The molecule has 0 aromatic heterocycles. The van der Waals surface area contributed by atoms with Crippen LogP contribution in [0.5, 0.6) is 34.5 Å². The summed E-state index contributed by atoms with van der Waals surface area (Å²) < 4.78 is 15.4. The average molecular weight is 547 g/mol. The van der Waals surface area contributed by atoms with Crippen molar-refractivity contribution in [3.05, 3.63) is 94.6 Å². The Bertz CT molecular complexity index is 1440. The molecule has 0 saturated carbocycles. The topological polar surface area (TPSA) is 143 Å². The number of benzene rings is 3. The molecule has 0 unspecified atom stereocenters. The molecule has 0 spiro atoms. The number of hydrogen-bond acceptors (Lipinski definition) is 9. The van der Waals surface area contributed by atoms with Crippen molar-refractivity contribution in [2.45, 2.75) is 13.3 Å². The minimum absolute atomic E-state index is 0.0212. The number of aromatic hydroxyl groups is 4. The van der Waals surface area contributed by atoms with Crippen molar-refractivity contribution in [3.63, 3.8) is 0 Å². The summed E-state index contributed by atoms with van der Waals surface area (Å²) in [7, 11) is 2.80. The van der Waals surface area contributed by atoms with Crippen molar-refractivity contribution < 1.29 is 44.2 Å². The number of ether oxygens (including phenoxy) is 3. The molecule has 3 aromatic carbocycles. The maximum atomic E-state index is 12.7. The Balaban J connectivity index is 1.63. The van der Waals surface area contributed by atoms with Crippen LogP contribution < -0.4 is 9.47 Å². The van der Waals surface area contributed by atoms with Gasteiger partial charge in [-0.25, -0.2) is 4.79 Å². The quantitative estimate of drug-likeness (QED) is 0.111. The van der Waals surface area contributed by atoms with Gasteiger partial charge >= 0.3 is 5.97 Å². The zero-order valence-electron chi connectivity index (χ0n) is 22.2. The zero-order chi connectivity index (χ0) is 29.2. The normalized spacial score (nSPS) is 11.6. The minimum Gasteiger partial charge on any atom is -0.508 e. The Morgan fingerprint density at radius 1 is 0.800 bits per heavy atom. The van der Waals surface area contributed by atoms with E-state index in [1.54, 1.807) is 31.2 Å². The van der Waals surface area contributed by atoms with Crippen LogP contribution in [0.1, 0.15) is 34.0 Å². The van der Waals surface area contributed by atoms with E-state index in [1.807, 2.05) is 0 Å². The van der Waals surface area contributed by atoms with Gasteiger partial charge in [0.15, 0.2) is 17.3 Å². The fraction of sp³-hybridized carbons (Fsp3) is 0.161. The number of carbonyl (C=O) groups excluding carboxylic acids is 2. The van der Waals surface area contributed by atoms with Crippen LogP contribution in [0.3, 0.4) is 0 Å². The van der Waals surface area contributed by atoms with E-state index < -0.39 is 11.8 Å². The number of phenols is 4. The van der Waals surface area contributed by atoms with E-state index in [4.69, 9.17) is 14.2 Å². The predicted octanol–water partition coefficient (Wildman–Crippen LogP) is 5.17. The molecule has 0 radical (unpaired) electrons.